The molecule has 1 saturated heterocycles. The maximum atomic E-state index is 12.8. The van der Waals surface area contributed by atoms with E-state index in [1.807, 2.05) is 6.92 Å². The van der Waals surface area contributed by atoms with E-state index in [2.05, 4.69) is 32.4 Å². The molecule has 1 amide bonds. The Morgan fingerprint density at radius 2 is 2.18 bits per heavy atom. The number of rotatable bonds is 5. The van der Waals surface area contributed by atoms with Crippen molar-refractivity contribution in [3.8, 4) is 0 Å². The zero-order chi connectivity index (χ0) is 19.6. The summed E-state index contributed by atoms with van der Waals surface area (Å²) in [5, 5.41) is 6.49. The van der Waals surface area contributed by atoms with Crippen LogP contribution in [0.5, 0.6) is 0 Å². The second kappa shape index (κ2) is 7.97. The standard InChI is InChI=1S/C20H28N6O2/c1-14-3-4-15(16(11-14)23-17-12-21-5-6-22-17)18-19(27)25-20(2,24-18)13-26-7-9-28-10-8-26/h5-6,12,14H,3-4,7-11,13H2,1-2H3,(H,22,23)(H,25,27). The van der Waals surface area contributed by atoms with Crippen LogP contribution in [-0.2, 0) is 9.53 Å². The van der Waals surface area contributed by atoms with Crippen molar-refractivity contribution >= 4 is 17.4 Å². The van der Waals surface area contributed by atoms with Crippen molar-refractivity contribution in [3.05, 3.63) is 29.9 Å². The van der Waals surface area contributed by atoms with Crippen molar-refractivity contribution in [2.24, 2.45) is 10.9 Å². The van der Waals surface area contributed by atoms with Crippen molar-refractivity contribution in [3.63, 3.8) is 0 Å². The van der Waals surface area contributed by atoms with E-state index in [9.17, 15) is 4.79 Å². The van der Waals surface area contributed by atoms with E-state index in [0.717, 1.165) is 56.8 Å². The molecule has 150 valence electrons. The van der Waals surface area contributed by atoms with Crippen LogP contribution in [0, 0.1) is 5.92 Å². The highest BCUT2D eigenvalue weighted by molar-refractivity contribution is 6.47. The van der Waals surface area contributed by atoms with Crippen LogP contribution in [0.25, 0.3) is 0 Å². The molecule has 28 heavy (non-hydrogen) atoms. The maximum absolute atomic E-state index is 12.8. The minimum absolute atomic E-state index is 0.0845. The second-order valence-corrected chi connectivity index (χ2v) is 8.10. The summed E-state index contributed by atoms with van der Waals surface area (Å²) in [5.41, 5.74) is 2.00. The number of hydrogen-bond acceptors (Lipinski definition) is 7. The Labute approximate surface area is 165 Å². The summed E-state index contributed by atoms with van der Waals surface area (Å²) in [6.45, 7) is 8.13. The fourth-order valence-electron chi connectivity index (χ4n) is 4.12. The van der Waals surface area contributed by atoms with Gasteiger partial charge in [-0.1, -0.05) is 6.92 Å². The molecule has 0 spiro atoms. The summed E-state index contributed by atoms with van der Waals surface area (Å²) in [6, 6.07) is 0. The maximum Gasteiger partial charge on any atom is 0.271 e. The number of amides is 1. The molecule has 3 heterocycles. The van der Waals surface area contributed by atoms with E-state index >= 15 is 0 Å². The number of morpholine rings is 1. The molecule has 8 heteroatoms. The Bertz CT molecular complexity index is 787. The van der Waals surface area contributed by atoms with E-state index in [1.54, 1.807) is 18.6 Å². The topological polar surface area (TPSA) is 91.7 Å². The summed E-state index contributed by atoms with van der Waals surface area (Å²) in [4.78, 5) is 28.4. The third kappa shape index (κ3) is 4.23. The lowest BCUT2D eigenvalue weighted by atomic mass is 9.86. The van der Waals surface area contributed by atoms with Gasteiger partial charge in [-0.3, -0.25) is 19.7 Å². The molecule has 8 nitrogen and oxygen atoms in total. The molecular formula is C20H28N6O2. The van der Waals surface area contributed by atoms with Gasteiger partial charge in [0, 0.05) is 43.3 Å². The van der Waals surface area contributed by atoms with Crippen LogP contribution >= 0.6 is 0 Å². The summed E-state index contributed by atoms with van der Waals surface area (Å²) in [7, 11) is 0. The molecule has 1 aromatic rings. The minimum atomic E-state index is -0.600. The van der Waals surface area contributed by atoms with Crippen LogP contribution in [0.1, 0.15) is 33.1 Å². The number of carbonyl (C=O) groups excluding carboxylic acids is 1. The zero-order valence-corrected chi connectivity index (χ0v) is 16.6. The number of aliphatic imine (C=N–C) groups is 1. The van der Waals surface area contributed by atoms with Gasteiger partial charge in [-0.2, -0.15) is 0 Å². The van der Waals surface area contributed by atoms with Gasteiger partial charge in [0.1, 0.15) is 17.2 Å². The van der Waals surface area contributed by atoms with E-state index < -0.39 is 5.66 Å². The third-order valence-electron chi connectivity index (χ3n) is 5.52. The number of nitrogens with one attached hydrogen (secondary N) is 2. The largest absolute Gasteiger partial charge is 0.379 e. The number of carbonyl (C=O) groups is 1. The highest BCUT2D eigenvalue weighted by Gasteiger charge is 2.39. The molecular weight excluding hydrogens is 356 g/mol. The van der Waals surface area contributed by atoms with E-state index in [1.165, 1.54) is 0 Å². The van der Waals surface area contributed by atoms with Crippen LogP contribution < -0.4 is 10.6 Å². The Balaban J connectivity index is 1.60. The molecule has 3 aliphatic rings. The number of nitrogens with zero attached hydrogens (tertiary/aromatic N) is 4. The molecule has 1 fully saturated rings. The Morgan fingerprint density at radius 3 is 2.93 bits per heavy atom. The first kappa shape index (κ1) is 19.0. The first-order valence-electron chi connectivity index (χ1n) is 10.0. The van der Waals surface area contributed by atoms with Gasteiger partial charge < -0.3 is 15.4 Å². The highest BCUT2D eigenvalue weighted by Crippen LogP contribution is 2.32. The quantitative estimate of drug-likeness (QED) is 0.801. The summed E-state index contributed by atoms with van der Waals surface area (Å²) < 4.78 is 5.42. The molecule has 0 radical (unpaired) electrons. The first-order valence-corrected chi connectivity index (χ1v) is 10.0. The van der Waals surface area contributed by atoms with Crippen LogP contribution in [0.3, 0.4) is 0 Å². The van der Waals surface area contributed by atoms with Gasteiger partial charge in [-0.15, -0.1) is 0 Å². The molecule has 0 saturated carbocycles. The van der Waals surface area contributed by atoms with Gasteiger partial charge in [-0.05, 0) is 32.1 Å². The lowest BCUT2D eigenvalue weighted by Crippen LogP contribution is -2.51. The fraction of sp³-hybridized carbons (Fsp3) is 0.600. The average molecular weight is 384 g/mol. The van der Waals surface area contributed by atoms with Gasteiger partial charge in [0.25, 0.3) is 5.91 Å². The molecule has 2 unspecified atom stereocenters. The molecule has 2 aliphatic heterocycles. The Hall–Kier alpha value is -2.32. The first-order chi connectivity index (χ1) is 13.5. The normalized spacial score (nSPS) is 28.9. The van der Waals surface area contributed by atoms with E-state index in [4.69, 9.17) is 9.73 Å². The summed E-state index contributed by atoms with van der Waals surface area (Å²) in [6.07, 6.45) is 7.77. The number of hydrogen-bond donors (Lipinski definition) is 2. The number of aromatic nitrogens is 2. The van der Waals surface area contributed by atoms with Crippen LogP contribution in [0.15, 0.2) is 34.9 Å². The number of anilines is 1. The Kier molecular flexibility index (Phi) is 5.41. The predicted molar refractivity (Wildman–Crippen MR) is 107 cm³/mol. The molecule has 2 N–H and O–H groups in total. The zero-order valence-electron chi connectivity index (χ0n) is 16.6. The lowest BCUT2D eigenvalue weighted by Gasteiger charge is -2.32. The van der Waals surface area contributed by atoms with E-state index in [0.29, 0.717) is 24.0 Å². The van der Waals surface area contributed by atoms with Gasteiger partial charge in [0.05, 0.1) is 19.4 Å². The smallest absolute Gasteiger partial charge is 0.271 e. The summed E-state index contributed by atoms with van der Waals surface area (Å²) in [5.74, 6) is 1.16. The van der Waals surface area contributed by atoms with Gasteiger partial charge in [0.2, 0.25) is 0 Å². The van der Waals surface area contributed by atoms with Crippen molar-refractivity contribution in [2.75, 3.05) is 38.2 Å². The molecule has 0 bridgehead atoms. The summed E-state index contributed by atoms with van der Waals surface area (Å²) >= 11 is 0. The average Bonchev–Trinajstić information content (AvgIpc) is 2.97. The molecule has 4 rings (SSSR count). The minimum Gasteiger partial charge on any atom is -0.379 e. The highest BCUT2D eigenvalue weighted by atomic mass is 16.5. The van der Waals surface area contributed by atoms with E-state index in [-0.39, 0.29) is 5.91 Å². The van der Waals surface area contributed by atoms with Crippen molar-refractivity contribution in [2.45, 2.75) is 38.8 Å². The van der Waals surface area contributed by atoms with Gasteiger partial charge in [-0.25, -0.2) is 4.98 Å². The Morgan fingerprint density at radius 1 is 1.36 bits per heavy atom. The monoisotopic (exact) mass is 384 g/mol. The fourth-order valence-corrected chi connectivity index (χ4v) is 4.12. The molecule has 1 aliphatic carbocycles. The number of allylic oxidation sites excluding steroid dienone is 1. The second-order valence-electron chi connectivity index (χ2n) is 8.10. The lowest BCUT2D eigenvalue weighted by molar-refractivity contribution is -0.115. The molecule has 2 atom stereocenters. The van der Waals surface area contributed by atoms with Crippen molar-refractivity contribution in [1.29, 1.82) is 0 Å². The SMILES string of the molecule is CC1CCC(C2=NC(C)(CN3CCOCC3)NC2=O)=C(Nc2cnccn2)C1. The van der Waals surface area contributed by atoms with Gasteiger partial charge in [0.15, 0.2) is 0 Å². The molecule has 0 aromatic carbocycles. The van der Waals surface area contributed by atoms with Crippen LogP contribution in [0.2, 0.25) is 0 Å². The van der Waals surface area contributed by atoms with Crippen molar-refractivity contribution < 1.29 is 9.53 Å². The van der Waals surface area contributed by atoms with Crippen LogP contribution in [-0.4, -0.2) is 65.0 Å². The number of ether oxygens (including phenoxy) is 1. The predicted octanol–water partition coefficient (Wildman–Crippen LogP) is 1.58. The molecule has 1 aromatic heterocycles. The third-order valence-corrected chi connectivity index (χ3v) is 5.52. The van der Waals surface area contributed by atoms with Gasteiger partial charge >= 0.3 is 0 Å². The van der Waals surface area contributed by atoms with Crippen LogP contribution in [0.4, 0.5) is 5.82 Å². The van der Waals surface area contributed by atoms with Crippen molar-refractivity contribution in [1.82, 2.24) is 20.2 Å².